The van der Waals surface area contributed by atoms with Gasteiger partial charge < -0.3 is 10.6 Å². The van der Waals surface area contributed by atoms with Crippen LogP contribution in [-0.2, 0) is 21.8 Å². The minimum absolute atomic E-state index is 0. The lowest BCUT2D eigenvalue weighted by Gasteiger charge is -2.15. The highest BCUT2D eigenvalue weighted by Gasteiger charge is 2.28. The maximum atomic E-state index is 11.5. The lowest BCUT2D eigenvalue weighted by atomic mass is 9.98. The van der Waals surface area contributed by atoms with E-state index in [1.807, 2.05) is 12.3 Å². The second-order valence-corrected chi connectivity index (χ2v) is 9.92. The molecule has 0 aliphatic carbocycles. The van der Waals surface area contributed by atoms with Crippen molar-refractivity contribution in [2.24, 2.45) is 4.99 Å². The number of aliphatic imine (C=N–C) groups is 1. The molecule has 0 bridgehead atoms. The third kappa shape index (κ3) is 6.47. The van der Waals surface area contributed by atoms with E-state index in [0.29, 0.717) is 18.9 Å². The smallest absolute Gasteiger partial charge is 0.191 e. The van der Waals surface area contributed by atoms with E-state index in [1.165, 1.54) is 0 Å². The molecule has 0 saturated carbocycles. The average molecular weight is 486 g/mol. The number of sulfone groups is 1. The molecular formula is C15H27IN4O2S2. The number of guanidine groups is 1. The molecule has 2 heterocycles. The Hall–Kier alpha value is -0.420. The normalized spacial score (nSPS) is 20.5. The van der Waals surface area contributed by atoms with Crippen molar-refractivity contribution in [3.8, 4) is 0 Å². The van der Waals surface area contributed by atoms with Gasteiger partial charge in [-0.1, -0.05) is 20.8 Å². The number of nitrogens with one attached hydrogen (secondary N) is 2. The molecule has 6 nitrogen and oxygen atoms in total. The zero-order valence-electron chi connectivity index (χ0n) is 14.6. The average Bonchev–Trinajstić information content (AvgIpc) is 3.02. The van der Waals surface area contributed by atoms with Crippen molar-refractivity contribution in [1.82, 2.24) is 15.6 Å². The summed E-state index contributed by atoms with van der Waals surface area (Å²) in [6.45, 7) is 9.64. The molecule has 1 unspecified atom stereocenters. The Morgan fingerprint density at radius 3 is 2.67 bits per heavy atom. The van der Waals surface area contributed by atoms with Crippen molar-refractivity contribution in [3.05, 3.63) is 16.1 Å². The van der Waals surface area contributed by atoms with E-state index in [1.54, 1.807) is 11.3 Å². The molecule has 0 radical (unpaired) electrons. The second-order valence-electron chi connectivity index (χ2n) is 6.83. The van der Waals surface area contributed by atoms with Gasteiger partial charge in [0, 0.05) is 23.4 Å². The van der Waals surface area contributed by atoms with E-state index >= 15 is 0 Å². The molecule has 1 saturated heterocycles. The van der Waals surface area contributed by atoms with Gasteiger partial charge in [0.25, 0.3) is 0 Å². The fourth-order valence-electron chi connectivity index (χ4n) is 2.31. The first-order valence-corrected chi connectivity index (χ1v) is 10.6. The first-order valence-electron chi connectivity index (χ1n) is 7.90. The first-order chi connectivity index (χ1) is 10.7. The van der Waals surface area contributed by atoms with Gasteiger partial charge in [-0.2, -0.15) is 0 Å². The van der Waals surface area contributed by atoms with Crippen LogP contribution >= 0.6 is 35.3 Å². The maximum Gasteiger partial charge on any atom is 0.191 e. The van der Waals surface area contributed by atoms with Gasteiger partial charge in [0.2, 0.25) is 0 Å². The van der Waals surface area contributed by atoms with Gasteiger partial charge >= 0.3 is 0 Å². The number of rotatable bonds is 4. The van der Waals surface area contributed by atoms with Crippen LogP contribution in [0.25, 0.3) is 0 Å². The predicted octanol–water partition coefficient (Wildman–Crippen LogP) is 2.30. The highest BCUT2D eigenvalue weighted by atomic mass is 127. The molecule has 1 aromatic heterocycles. The summed E-state index contributed by atoms with van der Waals surface area (Å²) in [6.07, 6.45) is 0.637. The van der Waals surface area contributed by atoms with Crippen LogP contribution in [0.3, 0.4) is 0 Å². The molecule has 1 atom stereocenters. The topological polar surface area (TPSA) is 83.4 Å². The summed E-state index contributed by atoms with van der Waals surface area (Å²) in [5.74, 6) is 1.09. The summed E-state index contributed by atoms with van der Waals surface area (Å²) < 4.78 is 23.1. The van der Waals surface area contributed by atoms with Gasteiger partial charge in [0.1, 0.15) is 0 Å². The third-order valence-corrected chi connectivity index (χ3v) is 6.59. The molecule has 24 heavy (non-hydrogen) atoms. The van der Waals surface area contributed by atoms with E-state index in [2.05, 4.69) is 41.4 Å². The Balaban J connectivity index is 0.00000288. The number of nitrogens with zero attached hydrogens (tertiary/aromatic N) is 2. The van der Waals surface area contributed by atoms with Crippen molar-refractivity contribution in [2.75, 3.05) is 18.1 Å². The van der Waals surface area contributed by atoms with E-state index in [-0.39, 0.29) is 46.9 Å². The van der Waals surface area contributed by atoms with Crippen LogP contribution in [0.1, 0.15) is 44.8 Å². The molecule has 138 valence electrons. The molecule has 9 heteroatoms. The van der Waals surface area contributed by atoms with Crippen LogP contribution in [0.15, 0.2) is 10.4 Å². The van der Waals surface area contributed by atoms with Gasteiger partial charge in [-0.25, -0.2) is 18.4 Å². The largest absolute Gasteiger partial charge is 0.357 e. The first kappa shape index (κ1) is 21.6. The van der Waals surface area contributed by atoms with Gasteiger partial charge in [-0.3, -0.25) is 0 Å². The Morgan fingerprint density at radius 1 is 1.46 bits per heavy atom. The van der Waals surface area contributed by atoms with Gasteiger partial charge in [0.15, 0.2) is 15.8 Å². The fourth-order valence-corrected chi connectivity index (χ4v) is 4.88. The predicted molar refractivity (Wildman–Crippen MR) is 111 cm³/mol. The minimum atomic E-state index is -2.89. The summed E-state index contributed by atoms with van der Waals surface area (Å²) in [4.78, 5) is 9.16. The molecule has 0 aromatic carbocycles. The summed E-state index contributed by atoms with van der Waals surface area (Å²) in [6, 6.07) is -0.0571. The highest BCUT2D eigenvalue weighted by molar-refractivity contribution is 14.0. The third-order valence-electron chi connectivity index (χ3n) is 3.51. The van der Waals surface area contributed by atoms with E-state index < -0.39 is 9.84 Å². The van der Waals surface area contributed by atoms with Gasteiger partial charge in [0.05, 0.1) is 28.8 Å². The van der Waals surface area contributed by atoms with Crippen LogP contribution in [0.5, 0.6) is 0 Å². The molecule has 2 N–H and O–H groups in total. The fraction of sp³-hybridized carbons (Fsp3) is 0.733. The Kier molecular flexibility index (Phi) is 7.92. The molecule has 1 aromatic rings. The number of halogens is 1. The van der Waals surface area contributed by atoms with Crippen LogP contribution < -0.4 is 10.6 Å². The van der Waals surface area contributed by atoms with Crippen LogP contribution in [0.4, 0.5) is 0 Å². The van der Waals surface area contributed by atoms with Crippen LogP contribution in [0, 0.1) is 0 Å². The summed E-state index contributed by atoms with van der Waals surface area (Å²) in [5, 5.41) is 9.51. The van der Waals surface area contributed by atoms with Crippen molar-refractivity contribution < 1.29 is 8.42 Å². The monoisotopic (exact) mass is 486 g/mol. The van der Waals surface area contributed by atoms with Crippen LogP contribution in [-0.4, -0.2) is 43.5 Å². The van der Waals surface area contributed by atoms with Crippen molar-refractivity contribution in [1.29, 1.82) is 0 Å². The Bertz CT molecular complexity index is 665. The summed E-state index contributed by atoms with van der Waals surface area (Å²) in [5.41, 5.74) is 0.990. The number of thiazole rings is 1. The molecule has 1 fully saturated rings. The Morgan fingerprint density at radius 2 is 2.17 bits per heavy atom. The van der Waals surface area contributed by atoms with E-state index in [9.17, 15) is 8.42 Å². The SMILES string of the molecule is CCNC(=NCc1csc(C(C)(C)C)n1)NC1CCS(=O)(=O)C1.I. The molecule has 1 aliphatic rings. The minimum Gasteiger partial charge on any atom is -0.357 e. The van der Waals surface area contributed by atoms with Gasteiger partial charge in [-0.05, 0) is 13.3 Å². The number of hydrogen-bond acceptors (Lipinski definition) is 5. The molecule has 1 aliphatic heterocycles. The maximum absolute atomic E-state index is 11.5. The molecule has 0 amide bonds. The molecular weight excluding hydrogens is 459 g/mol. The Labute approximate surface area is 165 Å². The van der Waals surface area contributed by atoms with E-state index in [4.69, 9.17) is 0 Å². The lowest BCUT2D eigenvalue weighted by Crippen LogP contribution is -2.44. The molecule has 0 spiro atoms. The number of hydrogen-bond donors (Lipinski definition) is 2. The second kappa shape index (κ2) is 8.79. The lowest BCUT2D eigenvalue weighted by molar-refractivity contribution is 0.583. The van der Waals surface area contributed by atoms with Crippen molar-refractivity contribution >= 4 is 51.1 Å². The zero-order chi connectivity index (χ0) is 17.1. The van der Waals surface area contributed by atoms with E-state index in [0.717, 1.165) is 17.2 Å². The van der Waals surface area contributed by atoms with Gasteiger partial charge in [-0.15, -0.1) is 35.3 Å². The summed E-state index contributed by atoms with van der Waals surface area (Å²) >= 11 is 1.65. The van der Waals surface area contributed by atoms with Crippen molar-refractivity contribution in [2.45, 2.75) is 52.1 Å². The summed E-state index contributed by atoms with van der Waals surface area (Å²) in [7, 11) is -2.89. The number of aromatic nitrogens is 1. The van der Waals surface area contributed by atoms with Crippen molar-refractivity contribution in [3.63, 3.8) is 0 Å². The zero-order valence-corrected chi connectivity index (χ0v) is 18.6. The van der Waals surface area contributed by atoms with Crippen LogP contribution in [0.2, 0.25) is 0 Å². The highest BCUT2D eigenvalue weighted by Crippen LogP contribution is 2.25. The standard InChI is InChI=1S/C15H26N4O2S2.HI/c1-5-16-14(19-11-6-7-23(20,21)10-11)17-8-12-9-22-13(18-12)15(2,3)4;/h9,11H,5-8,10H2,1-4H3,(H2,16,17,19);1H. The quantitative estimate of drug-likeness (QED) is 0.388. The molecule has 2 rings (SSSR count).